The molecule has 1 aromatic heterocycles. The Kier molecular flexibility index (Phi) is 5.07. The summed E-state index contributed by atoms with van der Waals surface area (Å²) in [5, 5.41) is 0.829. The maximum Gasteiger partial charge on any atom is 0.347 e. The number of carbonyl (C=O) groups excluding carboxylic acids is 2. The van der Waals surface area contributed by atoms with E-state index in [1.165, 1.54) is 0 Å². The molecule has 0 aliphatic carbocycles. The second-order valence-corrected chi connectivity index (χ2v) is 6.27. The fourth-order valence-electron chi connectivity index (χ4n) is 2.83. The van der Waals surface area contributed by atoms with Crippen LogP contribution in [0.1, 0.15) is 28.5 Å². The molecular formula is C21H21NO4. The smallest absolute Gasteiger partial charge is 0.347 e. The lowest BCUT2D eigenvalue weighted by atomic mass is 10.1. The molecule has 0 radical (unpaired) electrons. The number of carbonyl (C=O) groups is 2. The largest absolute Gasteiger partial charge is 0.479 e. The molecule has 1 atom stereocenters. The number of aryl methyl sites for hydroxylation is 2. The van der Waals surface area contributed by atoms with Gasteiger partial charge in [0, 0.05) is 22.2 Å². The molecule has 0 fully saturated rings. The predicted octanol–water partition coefficient (Wildman–Crippen LogP) is 3.98. The number of rotatable bonds is 6. The third kappa shape index (κ3) is 3.77. The Hall–Kier alpha value is -3.08. The van der Waals surface area contributed by atoms with Gasteiger partial charge in [-0.3, -0.25) is 4.79 Å². The van der Waals surface area contributed by atoms with Crippen LogP contribution in [0.4, 0.5) is 0 Å². The van der Waals surface area contributed by atoms with Crippen LogP contribution in [0, 0.1) is 13.8 Å². The molecule has 1 unspecified atom stereocenters. The molecule has 3 rings (SSSR count). The molecule has 5 nitrogen and oxygen atoms in total. The fourth-order valence-corrected chi connectivity index (χ4v) is 2.83. The molecule has 134 valence electrons. The summed E-state index contributed by atoms with van der Waals surface area (Å²) in [6.07, 6.45) is -0.797. The van der Waals surface area contributed by atoms with Crippen molar-refractivity contribution in [1.82, 2.24) is 4.98 Å². The van der Waals surface area contributed by atoms with Crippen LogP contribution in [-0.4, -0.2) is 29.4 Å². The van der Waals surface area contributed by atoms with Crippen LogP contribution in [0.3, 0.4) is 0 Å². The van der Waals surface area contributed by atoms with Crippen LogP contribution in [0.2, 0.25) is 0 Å². The third-order valence-corrected chi connectivity index (χ3v) is 4.18. The van der Waals surface area contributed by atoms with Crippen LogP contribution in [0.25, 0.3) is 10.9 Å². The quantitative estimate of drug-likeness (QED) is 0.539. The molecule has 0 bridgehead atoms. The van der Waals surface area contributed by atoms with Gasteiger partial charge in [-0.25, -0.2) is 4.79 Å². The third-order valence-electron chi connectivity index (χ3n) is 4.18. The minimum absolute atomic E-state index is 0.240. The number of para-hydroxylation sites is 1. The topological polar surface area (TPSA) is 68.4 Å². The van der Waals surface area contributed by atoms with Gasteiger partial charge in [-0.15, -0.1) is 0 Å². The van der Waals surface area contributed by atoms with Gasteiger partial charge in [0.2, 0.25) is 5.78 Å². The molecule has 5 heteroatoms. The van der Waals surface area contributed by atoms with Crippen molar-refractivity contribution in [3.05, 3.63) is 65.4 Å². The zero-order valence-corrected chi connectivity index (χ0v) is 15.0. The Balaban J connectivity index is 1.62. The van der Waals surface area contributed by atoms with Crippen molar-refractivity contribution >= 4 is 22.7 Å². The Morgan fingerprint density at radius 3 is 2.46 bits per heavy atom. The Labute approximate surface area is 151 Å². The Bertz CT molecular complexity index is 940. The summed E-state index contributed by atoms with van der Waals surface area (Å²) in [6, 6.07) is 14.9. The molecular weight excluding hydrogens is 330 g/mol. The maximum absolute atomic E-state index is 12.5. The number of fused-ring (bicyclic) bond motifs is 1. The number of hydrogen-bond acceptors (Lipinski definition) is 4. The van der Waals surface area contributed by atoms with Gasteiger partial charge in [-0.1, -0.05) is 35.9 Å². The molecule has 0 saturated heterocycles. The highest BCUT2D eigenvalue weighted by Crippen LogP contribution is 2.22. The number of aromatic amines is 1. The van der Waals surface area contributed by atoms with Gasteiger partial charge in [-0.05, 0) is 39.0 Å². The zero-order valence-electron chi connectivity index (χ0n) is 15.0. The van der Waals surface area contributed by atoms with Crippen molar-refractivity contribution in [3.8, 4) is 5.75 Å². The van der Waals surface area contributed by atoms with E-state index in [2.05, 4.69) is 4.98 Å². The molecule has 0 aliphatic rings. The highest BCUT2D eigenvalue weighted by molar-refractivity contribution is 6.10. The van der Waals surface area contributed by atoms with E-state index < -0.39 is 12.1 Å². The first-order valence-corrected chi connectivity index (χ1v) is 8.46. The minimum Gasteiger partial charge on any atom is -0.479 e. The number of ketones is 1. The average Bonchev–Trinajstić information content (AvgIpc) is 2.97. The number of hydrogen-bond donors (Lipinski definition) is 1. The van der Waals surface area contributed by atoms with Crippen molar-refractivity contribution in [2.24, 2.45) is 0 Å². The van der Waals surface area contributed by atoms with Crippen LogP contribution in [0.15, 0.2) is 48.5 Å². The summed E-state index contributed by atoms with van der Waals surface area (Å²) >= 11 is 0. The maximum atomic E-state index is 12.5. The van der Waals surface area contributed by atoms with Crippen molar-refractivity contribution in [1.29, 1.82) is 0 Å². The van der Waals surface area contributed by atoms with Crippen molar-refractivity contribution < 1.29 is 19.1 Å². The standard InChI is InChI=1S/C21H21NO4/c1-13-8-10-16(11-9-13)26-15(3)21(24)25-12-19(23)20-14(2)22-18-7-5-4-6-17(18)20/h4-11,15,22H,12H2,1-3H3. The van der Waals surface area contributed by atoms with Gasteiger partial charge >= 0.3 is 5.97 Å². The second-order valence-electron chi connectivity index (χ2n) is 6.27. The Morgan fingerprint density at radius 2 is 1.73 bits per heavy atom. The number of aromatic nitrogens is 1. The number of H-pyrrole nitrogens is 1. The average molecular weight is 351 g/mol. The predicted molar refractivity (Wildman–Crippen MR) is 99.6 cm³/mol. The molecule has 1 N–H and O–H groups in total. The molecule has 0 amide bonds. The summed E-state index contributed by atoms with van der Waals surface area (Å²) in [6.45, 7) is 5.09. The van der Waals surface area contributed by atoms with E-state index >= 15 is 0 Å². The van der Waals surface area contributed by atoms with E-state index in [1.807, 2.05) is 50.2 Å². The van der Waals surface area contributed by atoms with Crippen LogP contribution < -0.4 is 4.74 Å². The summed E-state index contributed by atoms with van der Waals surface area (Å²) < 4.78 is 10.7. The molecule has 26 heavy (non-hydrogen) atoms. The van der Waals surface area contributed by atoms with Crippen molar-refractivity contribution in [2.75, 3.05) is 6.61 Å². The summed E-state index contributed by atoms with van der Waals surface area (Å²) in [4.78, 5) is 27.8. The molecule has 0 aliphatic heterocycles. The highest BCUT2D eigenvalue weighted by atomic mass is 16.6. The van der Waals surface area contributed by atoms with Gasteiger partial charge in [0.25, 0.3) is 0 Å². The van der Waals surface area contributed by atoms with Crippen molar-refractivity contribution in [2.45, 2.75) is 26.9 Å². The van der Waals surface area contributed by atoms with Crippen LogP contribution >= 0.6 is 0 Å². The highest BCUT2D eigenvalue weighted by Gasteiger charge is 2.21. The van der Waals surface area contributed by atoms with E-state index in [9.17, 15) is 9.59 Å². The van der Waals surface area contributed by atoms with E-state index in [0.717, 1.165) is 22.2 Å². The number of nitrogens with one attached hydrogen (secondary N) is 1. The number of ether oxygens (including phenoxy) is 2. The van der Waals surface area contributed by atoms with E-state index in [4.69, 9.17) is 9.47 Å². The van der Waals surface area contributed by atoms with Crippen LogP contribution in [-0.2, 0) is 9.53 Å². The molecule has 0 spiro atoms. The normalized spacial score (nSPS) is 12.0. The van der Waals surface area contributed by atoms with E-state index in [-0.39, 0.29) is 12.4 Å². The second kappa shape index (κ2) is 7.44. The van der Waals surface area contributed by atoms with Gasteiger partial charge in [0.05, 0.1) is 0 Å². The fraction of sp³-hybridized carbons (Fsp3) is 0.238. The Morgan fingerprint density at radius 1 is 1.04 bits per heavy atom. The first-order valence-electron chi connectivity index (χ1n) is 8.46. The van der Waals surface area contributed by atoms with E-state index in [1.54, 1.807) is 19.1 Å². The van der Waals surface area contributed by atoms with E-state index in [0.29, 0.717) is 11.3 Å². The number of benzene rings is 2. The summed E-state index contributed by atoms with van der Waals surface area (Å²) in [5.41, 5.74) is 3.31. The lowest BCUT2D eigenvalue weighted by molar-refractivity contribution is -0.149. The van der Waals surface area contributed by atoms with Gasteiger partial charge in [-0.2, -0.15) is 0 Å². The number of Topliss-reactive ketones (excluding diaryl/α,β-unsaturated/α-hetero) is 1. The zero-order chi connectivity index (χ0) is 18.7. The first-order chi connectivity index (χ1) is 12.5. The summed E-state index contributed by atoms with van der Waals surface area (Å²) in [5.74, 6) is -0.230. The SMILES string of the molecule is Cc1ccc(OC(C)C(=O)OCC(=O)c2c(C)[nH]c3ccccc23)cc1. The molecule has 0 saturated carbocycles. The lowest BCUT2D eigenvalue weighted by Gasteiger charge is -2.14. The number of esters is 1. The lowest BCUT2D eigenvalue weighted by Crippen LogP contribution is -2.28. The van der Waals surface area contributed by atoms with Crippen molar-refractivity contribution in [3.63, 3.8) is 0 Å². The summed E-state index contributed by atoms with van der Waals surface area (Å²) in [7, 11) is 0. The van der Waals surface area contributed by atoms with Gasteiger partial charge in [0.1, 0.15) is 5.75 Å². The molecule has 3 aromatic rings. The first kappa shape index (κ1) is 17.7. The van der Waals surface area contributed by atoms with Crippen LogP contribution in [0.5, 0.6) is 5.75 Å². The monoisotopic (exact) mass is 351 g/mol. The molecule has 2 aromatic carbocycles. The minimum atomic E-state index is -0.797. The van der Waals surface area contributed by atoms with Gasteiger partial charge < -0.3 is 14.5 Å². The van der Waals surface area contributed by atoms with Gasteiger partial charge in [0.15, 0.2) is 12.7 Å². The molecule has 1 heterocycles.